The van der Waals surface area contributed by atoms with Gasteiger partial charge >= 0.3 is 0 Å². The number of furan rings is 1. The lowest BCUT2D eigenvalue weighted by Crippen LogP contribution is -2.46. The van der Waals surface area contributed by atoms with Crippen molar-refractivity contribution in [3.63, 3.8) is 0 Å². The van der Waals surface area contributed by atoms with E-state index in [1.807, 2.05) is 35.7 Å². The van der Waals surface area contributed by atoms with Gasteiger partial charge < -0.3 is 23.5 Å². The summed E-state index contributed by atoms with van der Waals surface area (Å²) in [5.41, 5.74) is 1.60. The van der Waals surface area contributed by atoms with Gasteiger partial charge in [-0.1, -0.05) is 6.07 Å². The third-order valence-corrected chi connectivity index (χ3v) is 7.82. The lowest BCUT2D eigenvalue weighted by molar-refractivity contribution is -0.133. The monoisotopic (exact) mass is 552 g/mol. The quantitative estimate of drug-likeness (QED) is 0.380. The average molecular weight is 553 g/mol. The molecule has 5 rings (SSSR count). The van der Waals surface area contributed by atoms with Gasteiger partial charge in [-0.3, -0.25) is 14.5 Å². The van der Waals surface area contributed by atoms with Crippen LogP contribution in [0.2, 0.25) is 0 Å². The number of hydrogen-bond donors (Lipinski definition) is 0. The highest BCUT2D eigenvalue weighted by atomic mass is 32.1. The predicted octanol–water partition coefficient (Wildman–Crippen LogP) is 3.51. The topological polar surface area (TPSA) is 97.0 Å². The van der Waals surface area contributed by atoms with Crippen LogP contribution in [0.3, 0.4) is 0 Å². The minimum absolute atomic E-state index is 0.145. The highest BCUT2D eigenvalue weighted by molar-refractivity contribution is 7.12. The first-order chi connectivity index (χ1) is 19.1. The Bertz CT molecular complexity index is 1290. The van der Waals surface area contributed by atoms with Crippen molar-refractivity contribution in [2.45, 2.75) is 12.5 Å². The summed E-state index contributed by atoms with van der Waals surface area (Å²) in [7, 11) is 3.20. The molecule has 0 N–H and O–H groups in total. The second-order valence-electron chi connectivity index (χ2n) is 9.25. The fourth-order valence-corrected chi connectivity index (χ4v) is 5.53. The maximum Gasteiger partial charge on any atom is 0.290 e. The normalized spacial score (nSPS) is 17.6. The van der Waals surface area contributed by atoms with Crippen molar-refractivity contribution < 1.29 is 28.2 Å². The molecular weight excluding hydrogens is 520 g/mol. The number of benzene rings is 1. The van der Waals surface area contributed by atoms with Crippen LogP contribution >= 0.6 is 11.3 Å². The molecule has 1 fully saturated rings. The van der Waals surface area contributed by atoms with Gasteiger partial charge in [0, 0.05) is 38.2 Å². The Morgan fingerprint density at radius 2 is 1.97 bits per heavy atom. The summed E-state index contributed by atoms with van der Waals surface area (Å²) in [4.78, 5) is 32.0. The smallest absolute Gasteiger partial charge is 0.290 e. The maximum atomic E-state index is 13.9. The van der Waals surface area contributed by atoms with Gasteiger partial charge in [0.2, 0.25) is 0 Å². The van der Waals surface area contributed by atoms with Crippen LogP contribution in [0.15, 0.2) is 63.6 Å². The van der Waals surface area contributed by atoms with Crippen molar-refractivity contribution in [3.05, 3.63) is 70.3 Å². The van der Waals surface area contributed by atoms with Crippen LogP contribution in [0, 0.1) is 0 Å². The number of carbonyl (C=O) groups is 2. The minimum atomic E-state index is -0.417. The van der Waals surface area contributed by atoms with E-state index in [2.05, 4.69) is 4.90 Å². The molecule has 2 aliphatic rings. The largest absolute Gasteiger partial charge is 0.497 e. The Kier molecular flexibility index (Phi) is 8.60. The van der Waals surface area contributed by atoms with Gasteiger partial charge in [0.25, 0.3) is 11.8 Å². The third-order valence-electron chi connectivity index (χ3n) is 6.90. The summed E-state index contributed by atoms with van der Waals surface area (Å²) >= 11 is 1.57. The van der Waals surface area contributed by atoms with E-state index in [0.29, 0.717) is 44.2 Å². The Balaban J connectivity index is 1.42. The van der Waals surface area contributed by atoms with Crippen LogP contribution in [0.1, 0.15) is 33.5 Å². The number of ether oxygens (including phenoxy) is 3. The summed E-state index contributed by atoms with van der Waals surface area (Å²) in [5.74, 6) is 0.858. The van der Waals surface area contributed by atoms with Gasteiger partial charge in [-0.15, -0.1) is 11.3 Å². The van der Waals surface area contributed by atoms with Gasteiger partial charge in [0.15, 0.2) is 5.76 Å². The van der Waals surface area contributed by atoms with Crippen LogP contribution in [-0.4, -0.2) is 92.5 Å². The summed E-state index contributed by atoms with van der Waals surface area (Å²) in [6.45, 7) is 3.73. The number of nitrogens with zero attached hydrogens (tertiary/aromatic N) is 4. The molecule has 0 bridgehead atoms. The number of hydrazone groups is 1. The summed E-state index contributed by atoms with van der Waals surface area (Å²) in [6.07, 6.45) is 1.97. The molecule has 1 saturated heterocycles. The number of amides is 2. The second kappa shape index (κ2) is 12.5. The van der Waals surface area contributed by atoms with E-state index in [-0.39, 0.29) is 24.1 Å². The van der Waals surface area contributed by atoms with E-state index >= 15 is 0 Å². The molecule has 0 spiro atoms. The van der Waals surface area contributed by atoms with Crippen molar-refractivity contribution in [1.82, 2.24) is 14.8 Å². The second-order valence-corrected chi connectivity index (χ2v) is 10.2. The summed E-state index contributed by atoms with van der Waals surface area (Å²) in [6, 6.07) is 12.3. The van der Waals surface area contributed by atoms with Crippen molar-refractivity contribution in [3.8, 4) is 11.5 Å². The van der Waals surface area contributed by atoms with Gasteiger partial charge in [-0.25, -0.2) is 5.01 Å². The first kappa shape index (κ1) is 26.9. The van der Waals surface area contributed by atoms with Crippen LogP contribution in [0.25, 0.3) is 0 Å². The standard InChI is InChI=1S/C28H32N4O6S/c1-35-20-7-8-24(36-2)21(17-20)23-18-22(26-6-4-16-39-26)29-32(23)27(33)19-31(28(34)25-5-3-13-38-25)10-9-30-11-14-37-15-12-30/h3-8,13,16-17,23H,9-12,14-15,18-19H2,1-2H3/t23-/m1/s1. The molecule has 1 aromatic carbocycles. The Morgan fingerprint density at radius 1 is 1.13 bits per heavy atom. The molecular formula is C28H32N4O6S. The first-order valence-electron chi connectivity index (χ1n) is 12.9. The molecule has 11 heteroatoms. The van der Waals surface area contributed by atoms with Gasteiger partial charge in [0.05, 0.1) is 50.3 Å². The highest BCUT2D eigenvalue weighted by Crippen LogP contribution is 2.39. The van der Waals surface area contributed by atoms with E-state index in [4.69, 9.17) is 23.7 Å². The summed E-state index contributed by atoms with van der Waals surface area (Å²) < 4.78 is 21.9. The van der Waals surface area contributed by atoms with Crippen molar-refractivity contribution in [1.29, 1.82) is 0 Å². The molecule has 0 radical (unpaired) electrons. The zero-order valence-corrected chi connectivity index (χ0v) is 22.9. The lowest BCUT2D eigenvalue weighted by atomic mass is 9.99. The molecule has 1 atom stereocenters. The molecule has 10 nitrogen and oxygen atoms in total. The van der Waals surface area contributed by atoms with E-state index < -0.39 is 6.04 Å². The fourth-order valence-electron chi connectivity index (χ4n) is 4.81. The zero-order valence-electron chi connectivity index (χ0n) is 22.1. The molecule has 39 heavy (non-hydrogen) atoms. The predicted molar refractivity (Wildman–Crippen MR) is 146 cm³/mol. The number of hydrogen-bond acceptors (Lipinski definition) is 9. The van der Waals surface area contributed by atoms with Gasteiger partial charge in [0.1, 0.15) is 18.0 Å². The maximum absolute atomic E-state index is 13.9. The van der Waals surface area contributed by atoms with Crippen molar-refractivity contribution in [2.75, 3.05) is 60.2 Å². The molecule has 0 aliphatic carbocycles. The highest BCUT2D eigenvalue weighted by Gasteiger charge is 2.37. The minimum Gasteiger partial charge on any atom is -0.497 e. The summed E-state index contributed by atoms with van der Waals surface area (Å²) in [5, 5.41) is 8.24. The number of methoxy groups -OCH3 is 2. The Morgan fingerprint density at radius 3 is 2.67 bits per heavy atom. The SMILES string of the molecule is COc1ccc(OC)c([C@H]2CC(c3cccs3)=NN2C(=O)CN(CCN2CCOCC2)C(=O)c2ccco2)c1. The number of thiophene rings is 1. The number of morpholine rings is 1. The molecule has 0 unspecified atom stereocenters. The average Bonchev–Trinajstić information content (AvgIpc) is 3.77. The zero-order chi connectivity index (χ0) is 27.2. The molecule has 2 amide bonds. The fraction of sp³-hybridized carbons (Fsp3) is 0.393. The Labute approximate surface area is 231 Å². The molecule has 3 aromatic rings. The van der Waals surface area contributed by atoms with E-state index in [1.54, 1.807) is 37.7 Å². The molecule has 2 aromatic heterocycles. The molecule has 0 saturated carbocycles. The van der Waals surface area contributed by atoms with Crippen molar-refractivity contribution >= 4 is 28.9 Å². The van der Waals surface area contributed by atoms with E-state index in [0.717, 1.165) is 29.2 Å². The lowest BCUT2D eigenvalue weighted by Gasteiger charge is -2.31. The molecule has 2 aliphatic heterocycles. The number of rotatable bonds is 10. The molecule has 206 valence electrons. The van der Waals surface area contributed by atoms with Crippen molar-refractivity contribution in [2.24, 2.45) is 5.10 Å². The van der Waals surface area contributed by atoms with E-state index in [1.165, 1.54) is 16.2 Å². The van der Waals surface area contributed by atoms with Crippen LogP contribution in [-0.2, 0) is 9.53 Å². The van der Waals surface area contributed by atoms with Crippen LogP contribution < -0.4 is 9.47 Å². The first-order valence-corrected chi connectivity index (χ1v) is 13.7. The number of carbonyl (C=O) groups excluding carboxylic acids is 2. The van der Waals surface area contributed by atoms with Crippen LogP contribution in [0.4, 0.5) is 0 Å². The Hall–Kier alpha value is -3.67. The van der Waals surface area contributed by atoms with Gasteiger partial charge in [-0.2, -0.15) is 5.10 Å². The van der Waals surface area contributed by atoms with E-state index in [9.17, 15) is 9.59 Å². The van der Waals surface area contributed by atoms with Crippen LogP contribution in [0.5, 0.6) is 11.5 Å². The van der Waals surface area contributed by atoms with Gasteiger partial charge in [-0.05, 0) is 41.8 Å². The third kappa shape index (κ3) is 6.16. The molecule has 4 heterocycles.